The number of hydrogen-bond acceptors (Lipinski definition) is 2. The Kier molecular flexibility index (Phi) is 2.54. The lowest BCUT2D eigenvalue weighted by Gasteiger charge is -2.24. The van der Waals surface area contributed by atoms with Crippen LogP contribution in [-0.4, -0.2) is 34.5 Å². The molecule has 1 rings (SSSR count). The van der Waals surface area contributed by atoms with Gasteiger partial charge in [0.15, 0.2) is 0 Å². The van der Waals surface area contributed by atoms with Crippen LogP contribution < -0.4 is 5.32 Å². The van der Waals surface area contributed by atoms with Crippen LogP contribution in [0.5, 0.6) is 0 Å². The highest BCUT2D eigenvalue weighted by molar-refractivity contribution is 7.85. The highest BCUT2D eigenvalue weighted by atomic mass is 32.2. The first kappa shape index (κ1) is 8.99. The van der Waals surface area contributed by atoms with Crippen molar-refractivity contribution < 1.29 is 17.4 Å². The number of halogens is 3. The molecule has 1 fully saturated rings. The van der Waals surface area contributed by atoms with Gasteiger partial charge < -0.3 is 5.32 Å². The summed E-state index contributed by atoms with van der Waals surface area (Å²) < 4.78 is 46.4. The third kappa shape index (κ3) is 2.44. The van der Waals surface area contributed by atoms with E-state index in [4.69, 9.17) is 0 Å². The van der Waals surface area contributed by atoms with E-state index in [-0.39, 0.29) is 12.3 Å². The van der Waals surface area contributed by atoms with Crippen LogP contribution in [0.1, 0.15) is 0 Å². The first-order chi connectivity index (χ1) is 5.00. The minimum Gasteiger partial charge on any atom is -0.304 e. The van der Waals surface area contributed by atoms with Crippen LogP contribution in [0.4, 0.5) is 13.2 Å². The Balaban J connectivity index is 2.53. The molecule has 0 radical (unpaired) electrons. The Morgan fingerprint density at radius 3 is 2.45 bits per heavy atom. The van der Waals surface area contributed by atoms with Crippen molar-refractivity contribution in [2.45, 2.75) is 12.2 Å². The van der Waals surface area contributed by atoms with Crippen LogP contribution in [0.15, 0.2) is 0 Å². The van der Waals surface area contributed by atoms with E-state index in [1.807, 2.05) is 0 Å². The van der Waals surface area contributed by atoms with Crippen LogP contribution >= 0.6 is 0 Å². The lowest BCUT2D eigenvalue weighted by atomic mass is 10.3. The molecule has 6 heteroatoms. The van der Waals surface area contributed by atoms with E-state index in [0.717, 1.165) is 0 Å². The van der Waals surface area contributed by atoms with E-state index in [0.29, 0.717) is 5.75 Å². The zero-order valence-electron chi connectivity index (χ0n) is 5.65. The van der Waals surface area contributed by atoms with Crippen LogP contribution in [0.25, 0.3) is 0 Å². The highest BCUT2D eigenvalue weighted by Crippen LogP contribution is 2.21. The molecule has 2 atom stereocenters. The van der Waals surface area contributed by atoms with Crippen molar-refractivity contribution in [2.75, 3.05) is 18.1 Å². The van der Waals surface area contributed by atoms with Crippen molar-refractivity contribution in [3.8, 4) is 0 Å². The summed E-state index contributed by atoms with van der Waals surface area (Å²) in [7, 11) is -1.30. The number of rotatable bonds is 0. The zero-order chi connectivity index (χ0) is 8.48. The second-order valence-corrected chi connectivity index (χ2v) is 3.98. The molecule has 1 aliphatic rings. The van der Waals surface area contributed by atoms with Gasteiger partial charge in [0.1, 0.15) is 6.04 Å². The zero-order valence-corrected chi connectivity index (χ0v) is 6.47. The summed E-state index contributed by atoms with van der Waals surface area (Å²) >= 11 is 0. The predicted molar refractivity (Wildman–Crippen MR) is 35.7 cm³/mol. The second kappa shape index (κ2) is 3.10. The van der Waals surface area contributed by atoms with Gasteiger partial charge in [-0.1, -0.05) is 0 Å². The molecular formula is C5H8F3NOS. The summed E-state index contributed by atoms with van der Waals surface area (Å²) in [6.45, 7) is 0.191. The van der Waals surface area contributed by atoms with Gasteiger partial charge in [0.2, 0.25) is 0 Å². The van der Waals surface area contributed by atoms with E-state index >= 15 is 0 Å². The topological polar surface area (TPSA) is 29.1 Å². The van der Waals surface area contributed by atoms with E-state index in [1.54, 1.807) is 0 Å². The van der Waals surface area contributed by atoms with Crippen molar-refractivity contribution in [2.24, 2.45) is 0 Å². The molecule has 0 aromatic rings. The monoisotopic (exact) mass is 187 g/mol. The quantitative estimate of drug-likeness (QED) is 0.589. The smallest absolute Gasteiger partial charge is 0.304 e. The van der Waals surface area contributed by atoms with Crippen molar-refractivity contribution in [1.82, 2.24) is 5.32 Å². The van der Waals surface area contributed by atoms with Gasteiger partial charge in [0, 0.05) is 28.9 Å². The maximum absolute atomic E-state index is 11.9. The molecule has 0 saturated carbocycles. The summed E-state index contributed by atoms with van der Waals surface area (Å²) in [5.41, 5.74) is 0. The average molecular weight is 187 g/mol. The highest BCUT2D eigenvalue weighted by Gasteiger charge is 2.41. The normalized spacial score (nSPS) is 33.7. The molecule has 1 heterocycles. The molecule has 1 aliphatic heterocycles. The minimum atomic E-state index is -4.25. The Hall–Kier alpha value is -0.100. The Labute approximate surface area is 64.6 Å². The Morgan fingerprint density at radius 2 is 2.09 bits per heavy atom. The maximum atomic E-state index is 11.9. The molecule has 66 valence electrons. The molecule has 11 heavy (non-hydrogen) atoms. The third-order valence-corrected chi connectivity index (χ3v) is 2.83. The molecule has 0 aromatic carbocycles. The van der Waals surface area contributed by atoms with Gasteiger partial charge in [-0.15, -0.1) is 0 Å². The minimum absolute atomic E-state index is 0.191. The van der Waals surface area contributed by atoms with Crippen molar-refractivity contribution in [3.05, 3.63) is 0 Å². The van der Waals surface area contributed by atoms with Gasteiger partial charge >= 0.3 is 6.18 Å². The van der Waals surface area contributed by atoms with Gasteiger partial charge in [-0.3, -0.25) is 4.21 Å². The van der Waals surface area contributed by atoms with Gasteiger partial charge in [-0.2, -0.15) is 13.2 Å². The van der Waals surface area contributed by atoms with E-state index in [9.17, 15) is 17.4 Å². The van der Waals surface area contributed by atoms with Crippen LogP contribution in [-0.2, 0) is 10.8 Å². The lowest BCUT2D eigenvalue weighted by Crippen LogP contribution is -2.51. The van der Waals surface area contributed by atoms with Crippen LogP contribution in [0.3, 0.4) is 0 Å². The molecule has 0 aromatic heterocycles. The van der Waals surface area contributed by atoms with Gasteiger partial charge in [-0.05, 0) is 0 Å². The maximum Gasteiger partial charge on any atom is 0.404 e. The first-order valence-corrected chi connectivity index (χ1v) is 4.64. The molecule has 1 saturated heterocycles. The van der Waals surface area contributed by atoms with Crippen molar-refractivity contribution in [1.29, 1.82) is 0 Å². The van der Waals surface area contributed by atoms with E-state index < -0.39 is 23.0 Å². The fourth-order valence-electron chi connectivity index (χ4n) is 0.885. The Morgan fingerprint density at radius 1 is 1.45 bits per heavy atom. The number of nitrogens with one attached hydrogen (secondary N) is 1. The largest absolute Gasteiger partial charge is 0.404 e. The van der Waals surface area contributed by atoms with Crippen molar-refractivity contribution >= 4 is 10.8 Å². The molecule has 0 spiro atoms. The van der Waals surface area contributed by atoms with Crippen molar-refractivity contribution in [3.63, 3.8) is 0 Å². The Bertz CT molecular complexity index is 170. The second-order valence-electron chi connectivity index (χ2n) is 2.36. The lowest BCUT2D eigenvalue weighted by molar-refractivity contribution is -0.150. The fourth-order valence-corrected chi connectivity index (χ4v) is 2.08. The first-order valence-electron chi connectivity index (χ1n) is 3.15. The predicted octanol–water partition coefficient (Wildman–Crippen LogP) is 0.269. The third-order valence-electron chi connectivity index (χ3n) is 1.47. The molecule has 0 aliphatic carbocycles. The van der Waals surface area contributed by atoms with E-state index in [1.165, 1.54) is 0 Å². The van der Waals surface area contributed by atoms with Crippen LogP contribution in [0.2, 0.25) is 0 Å². The summed E-state index contributed by atoms with van der Waals surface area (Å²) in [6.07, 6.45) is -4.25. The summed E-state index contributed by atoms with van der Waals surface area (Å²) in [5.74, 6) is 0.0239. The number of hydrogen-bond donors (Lipinski definition) is 1. The fraction of sp³-hybridized carbons (Fsp3) is 1.00. The van der Waals surface area contributed by atoms with Crippen LogP contribution in [0, 0.1) is 0 Å². The summed E-state index contributed by atoms with van der Waals surface area (Å²) in [4.78, 5) is 0. The van der Waals surface area contributed by atoms with Gasteiger partial charge in [-0.25, -0.2) is 0 Å². The van der Waals surface area contributed by atoms with E-state index in [2.05, 4.69) is 5.32 Å². The molecule has 2 nitrogen and oxygen atoms in total. The molecule has 2 unspecified atom stereocenters. The molecule has 1 N–H and O–H groups in total. The number of alkyl halides is 3. The molecule has 0 bridgehead atoms. The molecular weight excluding hydrogens is 179 g/mol. The summed E-state index contributed by atoms with van der Waals surface area (Å²) in [6, 6.07) is -1.57. The summed E-state index contributed by atoms with van der Waals surface area (Å²) in [5, 5.41) is 2.27. The molecule has 0 amide bonds. The SMILES string of the molecule is O=S1CCNC(C(F)(F)F)C1. The van der Waals surface area contributed by atoms with Gasteiger partial charge in [0.05, 0.1) is 0 Å². The standard InChI is InChI=1S/C5H8F3NOS/c6-5(7,8)4-3-11(10)2-1-9-4/h4,9H,1-3H2. The van der Waals surface area contributed by atoms with Gasteiger partial charge in [0.25, 0.3) is 0 Å². The average Bonchev–Trinajstić information content (AvgIpc) is 1.86.